The summed E-state index contributed by atoms with van der Waals surface area (Å²) in [5.41, 5.74) is 10.5. The average Bonchev–Trinajstić information content (AvgIpc) is 3.49. The van der Waals surface area contributed by atoms with Gasteiger partial charge in [0.25, 0.3) is 0 Å². The molecular weight excluding hydrogens is 548 g/mol. The van der Waals surface area contributed by atoms with Crippen LogP contribution in [0, 0.1) is 0 Å². The van der Waals surface area contributed by atoms with E-state index in [0.29, 0.717) is 0 Å². The topological polar surface area (TPSA) is 22.4 Å². The molecule has 9 rings (SSSR count). The van der Waals surface area contributed by atoms with Gasteiger partial charge >= 0.3 is 0 Å². The van der Waals surface area contributed by atoms with Gasteiger partial charge in [-0.15, -0.1) is 0 Å². The Balaban J connectivity index is 1.25. The summed E-state index contributed by atoms with van der Waals surface area (Å²) in [7, 11) is 0. The lowest BCUT2D eigenvalue weighted by molar-refractivity contribution is 0.435. The molecule has 2 heterocycles. The van der Waals surface area contributed by atoms with Crippen LogP contribution >= 0.6 is 0 Å². The Hall–Kier alpha value is -5.86. The molecule has 2 nitrogen and oxygen atoms in total. The van der Waals surface area contributed by atoms with Crippen LogP contribution < -0.4 is 4.74 Å². The van der Waals surface area contributed by atoms with Gasteiger partial charge in [-0.2, -0.15) is 0 Å². The van der Waals surface area contributed by atoms with E-state index in [1.165, 1.54) is 11.1 Å². The first-order valence-electron chi connectivity index (χ1n) is 15.3. The Morgan fingerprint density at radius 2 is 0.933 bits per heavy atom. The van der Waals surface area contributed by atoms with Gasteiger partial charge in [-0.05, 0) is 63.7 Å². The van der Waals surface area contributed by atoms with E-state index in [9.17, 15) is 0 Å². The number of hydrogen-bond acceptors (Lipinski definition) is 2. The molecule has 0 atom stereocenters. The van der Waals surface area contributed by atoms with E-state index < -0.39 is 5.41 Å². The second-order valence-electron chi connectivity index (χ2n) is 11.6. The number of benzene rings is 7. The number of hydrogen-bond donors (Lipinski definition) is 0. The lowest BCUT2D eigenvalue weighted by Crippen LogP contribution is -2.34. The van der Waals surface area contributed by atoms with Gasteiger partial charge in [-0.3, -0.25) is 0 Å². The number of para-hydroxylation sites is 2. The highest BCUT2D eigenvalue weighted by Gasteiger charge is 2.45. The fourth-order valence-electron chi connectivity index (χ4n) is 7.26. The zero-order valence-corrected chi connectivity index (χ0v) is 24.5. The summed E-state index contributed by atoms with van der Waals surface area (Å²) in [6.45, 7) is 0. The monoisotopic (exact) mass is 576 g/mol. The van der Waals surface area contributed by atoms with Crippen molar-refractivity contribution in [3.05, 3.63) is 192 Å². The van der Waals surface area contributed by atoms with E-state index in [4.69, 9.17) is 9.15 Å². The molecule has 2 heteroatoms. The molecule has 0 unspecified atom stereocenters. The lowest BCUT2D eigenvalue weighted by Gasteiger charge is -2.41. The maximum atomic E-state index is 6.76. The molecule has 212 valence electrons. The van der Waals surface area contributed by atoms with Crippen molar-refractivity contribution in [1.29, 1.82) is 0 Å². The quantitative estimate of drug-likeness (QED) is 0.208. The molecule has 1 aliphatic rings. The standard InChI is InChI=1S/C43H28O2/c1-3-13-31(14-4-1)43(32-15-5-2-6-16-32)37-20-10-12-22-40(37)45-42-28-30(24-26-38(42)43)34-18-8-7-17-33(34)29-23-25-36-35-19-9-11-21-39(35)44-41(36)27-29/h1-28H. The minimum atomic E-state index is -0.531. The first kappa shape index (κ1) is 25.6. The van der Waals surface area contributed by atoms with Crippen LogP contribution in [0.25, 0.3) is 44.2 Å². The van der Waals surface area contributed by atoms with Crippen molar-refractivity contribution in [3.63, 3.8) is 0 Å². The summed E-state index contributed by atoms with van der Waals surface area (Å²) >= 11 is 0. The predicted octanol–water partition coefficient (Wildman–Crippen LogP) is 11.4. The summed E-state index contributed by atoms with van der Waals surface area (Å²) in [5.74, 6) is 1.74. The minimum Gasteiger partial charge on any atom is -0.457 e. The van der Waals surface area contributed by atoms with E-state index in [0.717, 1.165) is 66.8 Å². The summed E-state index contributed by atoms with van der Waals surface area (Å²) in [6.07, 6.45) is 0. The first-order chi connectivity index (χ1) is 22.3. The highest BCUT2D eigenvalue weighted by molar-refractivity contribution is 6.06. The van der Waals surface area contributed by atoms with Crippen molar-refractivity contribution in [2.45, 2.75) is 5.41 Å². The van der Waals surface area contributed by atoms with E-state index >= 15 is 0 Å². The molecular formula is C43H28O2. The van der Waals surface area contributed by atoms with E-state index in [1.807, 2.05) is 12.1 Å². The third-order valence-electron chi connectivity index (χ3n) is 9.24. The molecule has 7 aromatic carbocycles. The molecule has 0 saturated heterocycles. The SMILES string of the molecule is c1ccc(C2(c3ccccc3)c3ccccc3Oc3cc(-c4ccccc4-c4ccc5c(c4)oc4ccccc45)ccc32)cc1. The molecule has 0 spiro atoms. The van der Waals surface area contributed by atoms with Gasteiger partial charge in [0.05, 0.1) is 5.41 Å². The van der Waals surface area contributed by atoms with Gasteiger partial charge in [-0.25, -0.2) is 0 Å². The van der Waals surface area contributed by atoms with Crippen molar-refractivity contribution in [3.8, 4) is 33.8 Å². The van der Waals surface area contributed by atoms with Crippen LogP contribution in [0.2, 0.25) is 0 Å². The number of fused-ring (bicyclic) bond motifs is 5. The van der Waals surface area contributed by atoms with Crippen LogP contribution in [0.4, 0.5) is 0 Å². The van der Waals surface area contributed by atoms with Crippen molar-refractivity contribution in [1.82, 2.24) is 0 Å². The number of furan rings is 1. The van der Waals surface area contributed by atoms with Crippen molar-refractivity contribution >= 4 is 21.9 Å². The molecule has 1 aromatic heterocycles. The van der Waals surface area contributed by atoms with Gasteiger partial charge < -0.3 is 9.15 Å². The Bertz CT molecular complexity index is 2310. The second kappa shape index (κ2) is 10.1. The van der Waals surface area contributed by atoms with Gasteiger partial charge in [0, 0.05) is 21.9 Å². The molecule has 8 aromatic rings. The maximum Gasteiger partial charge on any atom is 0.136 e. The zero-order valence-electron chi connectivity index (χ0n) is 24.5. The Kier molecular flexibility index (Phi) is 5.76. The Morgan fingerprint density at radius 3 is 1.69 bits per heavy atom. The average molecular weight is 577 g/mol. The molecule has 0 aliphatic carbocycles. The predicted molar refractivity (Wildman–Crippen MR) is 183 cm³/mol. The van der Waals surface area contributed by atoms with Gasteiger partial charge in [0.1, 0.15) is 22.7 Å². The van der Waals surface area contributed by atoms with Crippen LogP contribution in [0.3, 0.4) is 0 Å². The molecule has 0 amide bonds. The van der Waals surface area contributed by atoms with Crippen molar-refractivity contribution in [2.24, 2.45) is 0 Å². The molecule has 0 N–H and O–H groups in total. The number of rotatable bonds is 4. The summed E-state index contributed by atoms with van der Waals surface area (Å²) in [6, 6.07) is 60.1. The van der Waals surface area contributed by atoms with Crippen LogP contribution in [0.15, 0.2) is 174 Å². The second-order valence-corrected chi connectivity index (χ2v) is 11.6. The fourth-order valence-corrected chi connectivity index (χ4v) is 7.26. The molecule has 0 fully saturated rings. The highest BCUT2D eigenvalue weighted by Crippen LogP contribution is 2.56. The van der Waals surface area contributed by atoms with E-state index in [-0.39, 0.29) is 0 Å². The van der Waals surface area contributed by atoms with Gasteiger partial charge in [0.15, 0.2) is 0 Å². The zero-order chi connectivity index (χ0) is 29.8. The Labute approximate surface area is 261 Å². The van der Waals surface area contributed by atoms with Gasteiger partial charge in [0.2, 0.25) is 0 Å². The molecule has 1 aliphatic heterocycles. The molecule has 0 bridgehead atoms. The molecule has 45 heavy (non-hydrogen) atoms. The lowest BCUT2D eigenvalue weighted by atomic mass is 9.63. The fraction of sp³-hybridized carbons (Fsp3) is 0.0233. The normalized spacial score (nSPS) is 13.2. The van der Waals surface area contributed by atoms with E-state index in [1.54, 1.807) is 0 Å². The van der Waals surface area contributed by atoms with E-state index in [2.05, 4.69) is 158 Å². The third kappa shape index (κ3) is 3.89. The van der Waals surface area contributed by atoms with Crippen LogP contribution in [0.5, 0.6) is 11.5 Å². The first-order valence-corrected chi connectivity index (χ1v) is 15.3. The largest absolute Gasteiger partial charge is 0.457 e. The maximum absolute atomic E-state index is 6.76. The van der Waals surface area contributed by atoms with Crippen LogP contribution in [-0.4, -0.2) is 0 Å². The molecule has 0 radical (unpaired) electrons. The smallest absolute Gasteiger partial charge is 0.136 e. The highest BCUT2D eigenvalue weighted by atomic mass is 16.5. The number of ether oxygens (including phenoxy) is 1. The Morgan fingerprint density at radius 1 is 0.378 bits per heavy atom. The summed E-state index contributed by atoms with van der Waals surface area (Å²) in [4.78, 5) is 0. The minimum absolute atomic E-state index is 0.531. The van der Waals surface area contributed by atoms with Crippen LogP contribution in [0.1, 0.15) is 22.3 Å². The summed E-state index contributed by atoms with van der Waals surface area (Å²) in [5, 5.41) is 2.27. The van der Waals surface area contributed by atoms with Crippen LogP contribution in [-0.2, 0) is 5.41 Å². The van der Waals surface area contributed by atoms with Gasteiger partial charge in [-0.1, -0.05) is 140 Å². The molecule has 0 saturated carbocycles. The van der Waals surface area contributed by atoms with Crippen molar-refractivity contribution < 1.29 is 9.15 Å². The summed E-state index contributed by atoms with van der Waals surface area (Å²) < 4.78 is 13.0. The van der Waals surface area contributed by atoms with Crippen molar-refractivity contribution in [2.75, 3.05) is 0 Å². The third-order valence-corrected chi connectivity index (χ3v) is 9.24.